The van der Waals surface area contributed by atoms with Gasteiger partial charge in [0.15, 0.2) is 5.43 Å². The second-order valence-corrected chi connectivity index (χ2v) is 8.47. The molecule has 1 N–H and O–H groups in total. The molecular formula is C28H18O8. The number of benzene rings is 3. The van der Waals surface area contributed by atoms with E-state index in [0.717, 1.165) is 0 Å². The highest BCUT2D eigenvalue weighted by molar-refractivity contribution is 5.94. The fraction of sp³-hybridized carbons (Fsp3) is 0.107. The summed E-state index contributed by atoms with van der Waals surface area (Å²) in [5.41, 5.74) is 1.03. The molecule has 1 unspecified atom stereocenters. The zero-order chi connectivity index (χ0) is 25.0. The predicted molar refractivity (Wildman–Crippen MR) is 131 cm³/mol. The lowest BCUT2D eigenvalue weighted by atomic mass is 9.85. The number of para-hydroxylation sites is 1. The number of esters is 1. The number of hydrogen-bond acceptors (Lipinski definition) is 8. The number of carbonyl (C=O) groups excluding carboxylic acids is 1. The molecule has 0 amide bonds. The number of carbonyl (C=O) groups is 1. The molecule has 0 aliphatic carbocycles. The van der Waals surface area contributed by atoms with Crippen LogP contribution in [-0.2, 0) is 4.79 Å². The summed E-state index contributed by atoms with van der Waals surface area (Å²) in [7, 11) is 1.54. The van der Waals surface area contributed by atoms with E-state index in [1.54, 1.807) is 55.6 Å². The number of aromatic hydroxyl groups is 1. The smallest absolute Gasteiger partial charge is 0.312 e. The SMILES string of the molecule is COc1ccc(-c2coc3c4c(cc(O)c3c2=O)OC(=O)CC4c2coc3ccccc3c2=O)cc1. The van der Waals surface area contributed by atoms with Crippen LogP contribution in [0, 0.1) is 0 Å². The van der Waals surface area contributed by atoms with Crippen molar-refractivity contribution >= 4 is 27.9 Å². The summed E-state index contributed by atoms with van der Waals surface area (Å²) in [5.74, 6) is -1.14. The van der Waals surface area contributed by atoms with E-state index >= 15 is 0 Å². The van der Waals surface area contributed by atoms with E-state index in [1.807, 2.05) is 0 Å². The van der Waals surface area contributed by atoms with E-state index in [4.69, 9.17) is 18.3 Å². The third kappa shape index (κ3) is 3.26. The monoisotopic (exact) mass is 482 g/mol. The molecule has 1 aliphatic rings. The van der Waals surface area contributed by atoms with Gasteiger partial charge in [-0.25, -0.2) is 0 Å². The Balaban J connectivity index is 1.60. The van der Waals surface area contributed by atoms with Crippen LogP contribution >= 0.6 is 0 Å². The van der Waals surface area contributed by atoms with Gasteiger partial charge in [0.2, 0.25) is 5.43 Å². The van der Waals surface area contributed by atoms with E-state index in [0.29, 0.717) is 27.8 Å². The molecule has 3 heterocycles. The van der Waals surface area contributed by atoms with Crippen LogP contribution in [-0.4, -0.2) is 18.2 Å². The first-order chi connectivity index (χ1) is 17.5. The van der Waals surface area contributed by atoms with Gasteiger partial charge in [0, 0.05) is 23.1 Å². The second-order valence-electron chi connectivity index (χ2n) is 8.47. The molecule has 8 heteroatoms. The average molecular weight is 482 g/mol. The van der Waals surface area contributed by atoms with Gasteiger partial charge in [-0.05, 0) is 29.8 Å². The molecule has 8 nitrogen and oxygen atoms in total. The normalized spacial score (nSPS) is 15.0. The summed E-state index contributed by atoms with van der Waals surface area (Å²) in [5, 5.41) is 11.0. The van der Waals surface area contributed by atoms with Gasteiger partial charge < -0.3 is 23.4 Å². The molecule has 1 atom stereocenters. The van der Waals surface area contributed by atoms with Gasteiger partial charge in [-0.2, -0.15) is 0 Å². The van der Waals surface area contributed by atoms with Crippen molar-refractivity contribution in [2.75, 3.05) is 7.11 Å². The van der Waals surface area contributed by atoms with Gasteiger partial charge in [-0.3, -0.25) is 14.4 Å². The first-order valence-electron chi connectivity index (χ1n) is 11.1. The van der Waals surface area contributed by atoms with Crippen LogP contribution in [0.5, 0.6) is 17.2 Å². The number of phenolic OH excluding ortho intramolecular Hbond substituents is 1. The van der Waals surface area contributed by atoms with Crippen LogP contribution in [0.15, 0.2) is 85.5 Å². The Labute approximate surface area is 202 Å². The fourth-order valence-corrected chi connectivity index (χ4v) is 4.70. The van der Waals surface area contributed by atoms with Gasteiger partial charge in [-0.15, -0.1) is 0 Å². The van der Waals surface area contributed by atoms with E-state index in [-0.39, 0.29) is 39.7 Å². The molecule has 0 spiro atoms. The van der Waals surface area contributed by atoms with Crippen LogP contribution in [0.25, 0.3) is 33.1 Å². The molecular weight excluding hydrogens is 464 g/mol. The van der Waals surface area contributed by atoms with E-state index in [1.165, 1.54) is 18.6 Å². The lowest BCUT2D eigenvalue weighted by Gasteiger charge is -2.25. The molecule has 0 radical (unpaired) electrons. The summed E-state index contributed by atoms with van der Waals surface area (Å²) in [4.78, 5) is 39.3. The molecule has 0 bridgehead atoms. The largest absolute Gasteiger partial charge is 0.507 e. The zero-order valence-corrected chi connectivity index (χ0v) is 18.9. The summed E-state index contributed by atoms with van der Waals surface area (Å²) < 4.78 is 22.1. The minimum Gasteiger partial charge on any atom is -0.507 e. The topological polar surface area (TPSA) is 116 Å². The van der Waals surface area contributed by atoms with Gasteiger partial charge in [0.1, 0.15) is 40.1 Å². The van der Waals surface area contributed by atoms with Crippen molar-refractivity contribution in [2.24, 2.45) is 0 Å². The highest BCUT2D eigenvalue weighted by atomic mass is 16.5. The van der Waals surface area contributed by atoms with Gasteiger partial charge in [-0.1, -0.05) is 24.3 Å². The minimum atomic E-state index is -0.805. The third-order valence-corrected chi connectivity index (χ3v) is 6.45. The van der Waals surface area contributed by atoms with Crippen molar-refractivity contribution in [3.8, 4) is 28.4 Å². The molecule has 178 valence electrons. The maximum Gasteiger partial charge on any atom is 0.312 e. The fourth-order valence-electron chi connectivity index (χ4n) is 4.70. The quantitative estimate of drug-likeness (QED) is 0.290. The standard InChI is InChI=1S/C28H18O8/c1-33-15-8-6-14(7-9-15)18-12-35-28-24-17(19-13-34-21-5-3-2-4-16(21)26(19)31)10-23(30)36-22(24)11-20(29)25(28)27(18)32/h2-9,11-13,17,29H,10H2,1H3. The van der Waals surface area contributed by atoms with Crippen molar-refractivity contribution in [1.82, 2.24) is 0 Å². The minimum absolute atomic E-state index is 0.0224. The number of rotatable bonds is 3. The van der Waals surface area contributed by atoms with Gasteiger partial charge in [0.05, 0.1) is 30.7 Å². The molecule has 0 saturated carbocycles. The lowest BCUT2D eigenvalue weighted by molar-refractivity contribution is -0.135. The maximum absolute atomic E-state index is 13.5. The van der Waals surface area contributed by atoms with Crippen LogP contribution in [0.1, 0.15) is 23.5 Å². The van der Waals surface area contributed by atoms with Gasteiger partial charge >= 0.3 is 5.97 Å². The second kappa shape index (κ2) is 8.13. The van der Waals surface area contributed by atoms with Crippen LogP contribution in [0.3, 0.4) is 0 Å². The van der Waals surface area contributed by atoms with Crippen molar-refractivity contribution in [3.05, 3.63) is 98.7 Å². The Morgan fingerprint density at radius 2 is 1.72 bits per heavy atom. The Kier molecular flexibility index (Phi) is 4.89. The Morgan fingerprint density at radius 1 is 0.944 bits per heavy atom. The Morgan fingerprint density at radius 3 is 2.50 bits per heavy atom. The molecule has 1 aliphatic heterocycles. The molecule has 3 aromatic carbocycles. The Bertz CT molecular complexity index is 1790. The van der Waals surface area contributed by atoms with E-state index in [2.05, 4.69) is 0 Å². The van der Waals surface area contributed by atoms with Crippen molar-refractivity contribution in [2.45, 2.75) is 12.3 Å². The molecule has 0 saturated heterocycles. The summed E-state index contributed by atoms with van der Waals surface area (Å²) in [6.45, 7) is 0. The van der Waals surface area contributed by atoms with Crippen LogP contribution in [0.4, 0.5) is 0 Å². The van der Waals surface area contributed by atoms with Crippen LogP contribution in [0.2, 0.25) is 0 Å². The number of fused-ring (bicyclic) bond motifs is 4. The predicted octanol–water partition coefficient (Wildman–Crippen LogP) is 4.72. The lowest BCUT2D eigenvalue weighted by Crippen LogP contribution is -2.25. The van der Waals surface area contributed by atoms with Crippen molar-refractivity contribution in [1.29, 1.82) is 0 Å². The number of ether oxygens (including phenoxy) is 2. The molecule has 0 fully saturated rings. The molecule has 36 heavy (non-hydrogen) atoms. The molecule has 6 rings (SSSR count). The number of phenols is 1. The van der Waals surface area contributed by atoms with Crippen LogP contribution < -0.4 is 20.3 Å². The van der Waals surface area contributed by atoms with E-state index < -0.39 is 23.1 Å². The Hall–Kier alpha value is -4.85. The van der Waals surface area contributed by atoms with Crippen molar-refractivity contribution < 1.29 is 28.2 Å². The highest BCUT2D eigenvalue weighted by Gasteiger charge is 2.35. The first-order valence-corrected chi connectivity index (χ1v) is 11.1. The summed E-state index contributed by atoms with van der Waals surface area (Å²) in [6, 6.07) is 14.8. The summed E-state index contributed by atoms with van der Waals surface area (Å²) in [6.07, 6.45) is 2.45. The number of methoxy groups -OCH3 is 1. The van der Waals surface area contributed by atoms with Crippen molar-refractivity contribution in [3.63, 3.8) is 0 Å². The maximum atomic E-state index is 13.5. The number of hydrogen-bond donors (Lipinski definition) is 1. The zero-order valence-electron chi connectivity index (χ0n) is 18.9. The third-order valence-electron chi connectivity index (χ3n) is 6.45. The van der Waals surface area contributed by atoms with E-state index in [9.17, 15) is 19.5 Å². The highest BCUT2D eigenvalue weighted by Crippen LogP contribution is 2.45. The molecule has 5 aromatic rings. The first kappa shape index (κ1) is 21.7. The molecule has 2 aromatic heterocycles. The van der Waals surface area contributed by atoms with Gasteiger partial charge in [0.25, 0.3) is 0 Å². The average Bonchev–Trinajstić information content (AvgIpc) is 2.88. The summed E-state index contributed by atoms with van der Waals surface area (Å²) >= 11 is 0.